The van der Waals surface area contributed by atoms with Crippen LogP contribution in [0, 0.1) is 17.0 Å². The number of esters is 1. The number of nitrogens with one attached hydrogen (secondary N) is 1. The third-order valence-electron chi connectivity index (χ3n) is 4.42. The van der Waals surface area contributed by atoms with Crippen LogP contribution in [0.25, 0.3) is 0 Å². The van der Waals surface area contributed by atoms with Gasteiger partial charge in [-0.05, 0) is 31.2 Å². The van der Waals surface area contributed by atoms with E-state index >= 15 is 0 Å². The second kappa shape index (κ2) is 8.52. The molecule has 1 heterocycles. The predicted octanol–water partition coefficient (Wildman–Crippen LogP) is 2.35. The molecule has 0 saturated carbocycles. The van der Waals surface area contributed by atoms with Gasteiger partial charge in [0.15, 0.2) is 6.61 Å². The average molecular weight is 411 g/mol. The number of hydrogen-bond donors (Lipinski definition) is 1. The van der Waals surface area contributed by atoms with Crippen molar-refractivity contribution in [3.8, 4) is 0 Å². The van der Waals surface area contributed by atoms with Crippen molar-refractivity contribution in [2.45, 2.75) is 19.8 Å². The molecule has 1 aliphatic heterocycles. The molecule has 0 radical (unpaired) electrons. The van der Waals surface area contributed by atoms with Crippen LogP contribution in [0.1, 0.15) is 28.8 Å². The fourth-order valence-electron chi connectivity index (χ4n) is 2.93. The first-order valence-corrected chi connectivity index (χ1v) is 8.94. The largest absolute Gasteiger partial charge is 0.452 e. The number of ether oxygens (including phenoxy) is 1. The molecule has 3 amide bonds. The van der Waals surface area contributed by atoms with Gasteiger partial charge in [0.05, 0.1) is 16.2 Å². The van der Waals surface area contributed by atoms with Gasteiger partial charge in [0, 0.05) is 30.2 Å². The van der Waals surface area contributed by atoms with Crippen molar-refractivity contribution in [3.63, 3.8) is 0 Å². The number of nitro groups is 1. The summed E-state index contributed by atoms with van der Waals surface area (Å²) < 4.78 is 4.96. The molecule has 0 unspecified atom stereocenters. The first-order chi connectivity index (χ1) is 14.3. The molecule has 0 aromatic heterocycles. The van der Waals surface area contributed by atoms with E-state index in [4.69, 9.17) is 4.74 Å². The van der Waals surface area contributed by atoms with Crippen molar-refractivity contribution in [1.29, 1.82) is 0 Å². The molecule has 1 fully saturated rings. The van der Waals surface area contributed by atoms with Gasteiger partial charge in [-0.25, -0.2) is 4.79 Å². The van der Waals surface area contributed by atoms with Crippen LogP contribution in [0.2, 0.25) is 0 Å². The highest BCUT2D eigenvalue weighted by Gasteiger charge is 2.30. The Hall–Kier alpha value is -4.08. The van der Waals surface area contributed by atoms with Crippen molar-refractivity contribution in [2.75, 3.05) is 16.8 Å². The van der Waals surface area contributed by atoms with Gasteiger partial charge in [-0.15, -0.1) is 0 Å². The van der Waals surface area contributed by atoms with Crippen molar-refractivity contribution < 1.29 is 28.8 Å². The third kappa shape index (κ3) is 4.49. The first kappa shape index (κ1) is 20.6. The number of benzene rings is 2. The summed E-state index contributed by atoms with van der Waals surface area (Å²) in [5, 5.41) is 13.4. The minimum absolute atomic E-state index is 0.0683. The van der Waals surface area contributed by atoms with Crippen LogP contribution in [-0.2, 0) is 19.1 Å². The molecule has 0 atom stereocenters. The minimum atomic E-state index is -0.819. The Kier molecular flexibility index (Phi) is 5.86. The topological polar surface area (TPSA) is 136 Å². The van der Waals surface area contributed by atoms with Gasteiger partial charge in [0.25, 0.3) is 11.6 Å². The fraction of sp³-hybridized carbons (Fsp3) is 0.200. The van der Waals surface area contributed by atoms with Crippen molar-refractivity contribution >= 4 is 40.8 Å². The van der Waals surface area contributed by atoms with E-state index in [-0.39, 0.29) is 47.3 Å². The number of imide groups is 1. The highest BCUT2D eigenvalue weighted by molar-refractivity contribution is 6.20. The predicted molar refractivity (Wildman–Crippen MR) is 105 cm³/mol. The van der Waals surface area contributed by atoms with E-state index in [2.05, 4.69) is 5.32 Å². The number of rotatable bonds is 6. The van der Waals surface area contributed by atoms with Crippen molar-refractivity contribution in [2.24, 2.45) is 0 Å². The zero-order chi connectivity index (χ0) is 21.8. The molecule has 3 rings (SSSR count). The molecule has 2 aromatic carbocycles. The quantitative estimate of drug-likeness (QED) is 0.333. The Labute approximate surface area is 170 Å². The number of hydrogen-bond acceptors (Lipinski definition) is 7. The highest BCUT2D eigenvalue weighted by atomic mass is 16.6. The van der Waals surface area contributed by atoms with E-state index in [1.807, 2.05) is 0 Å². The second-order valence-corrected chi connectivity index (χ2v) is 6.56. The van der Waals surface area contributed by atoms with Crippen molar-refractivity contribution in [1.82, 2.24) is 0 Å². The van der Waals surface area contributed by atoms with E-state index in [1.54, 1.807) is 6.92 Å². The molecular weight excluding hydrogens is 394 g/mol. The van der Waals surface area contributed by atoms with Gasteiger partial charge >= 0.3 is 5.97 Å². The summed E-state index contributed by atoms with van der Waals surface area (Å²) >= 11 is 0. The molecule has 30 heavy (non-hydrogen) atoms. The summed E-state index contributed by atoms with van der Waals surface area (Å²) in [5.74, 6) is -2.20. The molecular formula is C20H17N3O7. The molecule has 1 N–H and O–H groups in total. The van der Waals surface area contributed by atoms with E-state index in [1.165, 1.54) is 42.5 Å². The number of anilines is 2. The lowest BCUT2D eigenvalue weighted by atomic mass is 10.2. The molecule has 1 saturated heterocycles. The number of carbonyl (C=O) groups is 4. The van der Waals surface area contributed by atoms with Gasteiger partial charge in [-0.3, -0.25) is 29.4 Å². The summed E-state index contributed by atoms with van der Waals surface area (Å²) in [6.45, 7) is 0.954. The minimum Gasteiger partial charge on any atom is -0.452 e. The maximum absolute atomic E-state index is 12.2. The van der Waals surface area contributed by atoms with Crippen LogP contribution < -0.4 is 10.2 Å². The Morgan fingerprint density at radius 2 is 1.83 bits per heavy atom. The SMILES string of the molecule is Cc1ccc(NC(=O)COC(=O)c2cccc(N3C(=O)CCC3=O)c2)cc1[N+](=O)[O-]. The Morgan fingerprint density at radius 1 is 1.13 bits per heavy atom. The lowest BCUT2D eigenvalue weighted by molar-refractivity contribution is -0.385. The summed E-state index contributed by atoms with van der Waals surface area (Å²) in [7, 11) is 0. The van der Waals surface area contributed by atoms with Gasteiger partial charge in [0.2, 0.25) is 11.8 Å². The van der Waals surface area contributed by atoms with Crippen LogP contribution in [0.4, 0.5) is 17.1 Å². The third-order valence-corrected chi connectivity index (χ3v) is 4.42. The maximum Gasteiger partial charge on any atom is 0.338 e. The monoisotopic (exact) mass is 411 g/mol. The van der Waals surface area contributed by atoms with Crippen LogP contribution in [-0.4, -0.2) is 35.2 Å². The van der Waals surface area contributed by atoms with E-state index in [0.717, 1.165) is 4.90 Å². The average Bonchev–Trinajstić information content (AvgIpc) is 3.05. The van der Waals surface area contributed by atoms with Crippen LogP contribution in [0.5, 0.6) is 0 Å². The van der Waals surface area contributed by atoms with E-state index in [0.29, 0.717) is 5.56 Å². The van der Waals surface area contributed by atoms with Gasteiger partial charge in [-0.2, -0.15) is 0 Å². The van der Waals surface area contributed by atoms with E-state index in [9.17, 15) is 29.3 Å². The highest BCUT2D eigenvalue weighted by Crippen LogP contribution is 2.24. The Balaban J connectivity index is 1.62. The lowest BCUT2D eigenvalue weighted by Crippen LogP contribution is -2.28. The Bertz CT molecular complexity index is 1050. The van der Waals surface area contributed by atoms with Gasteiger partial charge in [0.1, 0.15) is 0 Å². The molecule has 10 heteroatoms. The maximum atomic E-state index is 12.2. The summed E-state index contributed by atoms with van der Waals surface area (Å²) in [6, 6.07) is 9.98. The zero-order valence-corrected chi connectivity index (χ0v) is 15.9. The normalized spacial score (nSPS) is 13.3. The van der Waals surface area contributed by atoms with Crippen molar-refractivity contribution in [3.05, 3.63) is 63.7 Å². The summed E-state index contributed by atoms with van der Waals surface area (Å²) in [5.41, 5.74) is 0.820. The Morgan fingerprint density at radius 3 is 2.50 bits per heavy atom. The van der Waals surface area contributed by atoms with Crippen LogP contribution >= 0.6 is 0 Å². The van der Waals surface area contributed by atoms with Gasteiger partial charge in [-0.1, -0.05) is 12.1 Å². The molecule has 1 aliphatic rings. The second-order valence-electron chi connectivity index (χ2n) is 6.56. The standard InChI is InChI=1S/C20H17N3O7/c1-12-5-6-14(10-16(12)23(28)29)21-17(24)11-30-20(27)13-3-2-4-15(9-13)22-18(25)7-8-19(22)26/h2-6,9-10H,7-8,11H2,1H3,(H,21,24). The molecule has 0 bridgehead atoms. The molecule has 2 aromatic rings. The molecule has 0 spiro atoms. The number of nitro benzene ring substituents is 1. The van der Waals surface area contributed by atoms with Crippen LogP contribution in [0.15, 0.2) is 42.5 Å². The lowest BCUT2D eigenvalue weighted by Gasteiger charge is -2.14. The number of amides is 3. The molecule has 10 nitrogen and oxygen atoms in total. The fourth-order valence-corrected chi connectivity index (χ4v) is 2.93. The van der Waals surface area contributed by atoms with Gasteiger partial charge < -0.3 is 10.1 Å². The number of carbonyl (C=O) groups excluding carboxylic acids is 4. The molecule has 0 aliphatic carbocycles. The van der Waals surface area contributed by atoms with E-state index < -0.39 is 23.4 Å². The number of aryl methyl sites for hydroxylation is 1. The number of nitrogens with zero attached hydrogens (tertiary/aromatic N) is 2. The zero-order valence-electron chi connectivity index (χ0n) is 15.9. The smallest absolute Gasteiger partial charge is 0.338 e. The summed E-state index contributed by atoms with van der Waals surface area (Å²) in [6.07, 6.45) is 0.232. The van der Waals surface area contributed by atoms with Crippen LogP contribution in [0.3, 0.4) is 0 Å². The molecule has 154 valence electrons. The first-order valence-electron chi connectivity index (χ1n) is 8.94. The summed E-state index contributed by atoms with van der Waals surface area (Å²) in [4.78, 5) is 59.4.